The molecule has 5 atom stereocenters. The lowest BCUT2D eigenvalue weighted by atomic mass is 9.51. The number of hydrogen-bond acceptors (Lipinski definition) is 2. The molecule has 0 heterocycles. The van der Waals surface area contributed by atoms with Gasteiger partial charge in [-0.1, -0.05) is 33.3 Å². The highest BCUT2D eigenvalue weighted by Crippen LogP contribution is 2.73. The van der Waals surface area contributed by atoms with Gasteiger partial charge in [0.25, 0.3) is 0 Å². The number of aliphatic hydroxyl groups is 1. The molecule has 0 radical (unpaired) electrons. The Hall–Kier alpha value is -1.02. The van der Waals surface area contributed by atoms with Crippen LogP contribution in [-0.4, -0.2) is 17.8 Å². The van der Waals surface area contributed by atoms with E-state index in [9.17, 15) is 5.11 Å². The lowest BCUT2D eigenvalue weighted by Crippen LogP contribution is -2.48. The van der Waals surface area contributed by atoms with E-state index in [1.54, 1.807) is 7.11 Å². The third-order valence-electron chi connectivity index (χ3n) is 8.10. The maximum absolute atomic E-state index is 11.4. The maximum atomic E-state index is 11.4. The zero-order valence-corrected chi connectivity index (χ0v) is 16.6. The first-order valence-corrected chi connectivity index (χ1v) is 10.1. The molecule has 0 aromatic heterocycles. The Balaban J connectivity index is 1.61. The van der Waals surface area contributed by atoms with E-state index in [1.807, 2.05) is 0 Å². The summed E-state index contributed by atoms with van der Waals surface area (Å²) in [4.78, 5) is 0. The molecule has 1 aromatic carbocycles. The second kappa shape index (κ2) is 5.49. The molecular formula is C23H34O2. The van der Waals surface area contributed by atoms with Crippen LogP contribution >= 0.6 is 0 Å². The van der Waals surface area contributed by atoms with Gasteiger partial charge in [0.1, 0.15) is 5.75 Å². The van der Waals surface area contributed by atoms with Gasteiger partial charge in [-0.05, 0) is 90.9 Å². The van der Waals surface area contributed by atoms with Crippen molar-refractivity contribution in [3.63, 3.8) is 0 Å². The first-order valence-electron chi connectivity index (χ1n) is 10.1. The van der Waals surface area contributed by atoms with Crippen molar-refractivity contribution in [1.29, 1.82) is 0 Å². The normalized spacial score (nSPS) is 41.6. The van der Waals surface area contributed by atoms with Crippen LogP contribution in [0.4, 0.5) is 0 Å². The van der Waals surface area contributed by atoms with Crippen LogP contribution in [0.5, 0.6) is 5.75 Å². The predicted molar refractivity (Wildman–Crippen MR) is 102 cm³/mol. The molecule has 0 aliphatic heterocycles. The van der Waals surface area contributed by atoms with Crippen LogP contribution in [0.3, 0.4) is 0 Å². The van der Waals surface area contributed by atoms with Gasteiger partial charge in [-0.3, -0.25) is 0 Å². The Morgan fingerprint density at radius 1 is 1.12 bits per heavy atom. The first kappa shape index (κ1) is 17.4. The average Bonchev–Trinajstić information content (AvgIpc) is 3.11. The SMILES string of the molecule is COc1cc(C)cc(C[C@H]2C3[C@@]4(C)CCCC(C)(C)C4CC[C@]32O)c1. The Morgan fingerprint density at radius 3 is 2.60 bits per heavy atom. The van der Waals surface area contributed by atoms with E-state index in [-0.39, 0.29) is 0 Å². The van der Waals surface area contributed by atoms with Crippen molar-refractivity contribution in [3.05, 3.63) is 29.3 Å². The Kier molecular flexibility index (Phi) is 3.82. The van der Waals surface area contributed by atoms with Crippen molar-refractivity contribution in [2.24, 2.45) is 28.6 Å². The molecular weight excluding hydrogens is 308 g/mol. The maximum Gasteiger partial charge on any atom is 0.119 e. The van der Waals surface area contributed by atoms with Crippen molar-refractivity contribution in [2.45, 2.75) is 71.8 Å². The average molecular weight is 343 g/mol. The van der Waals surface area contributed by atoms with Gasteiger partial charge in [0.05, 0.1) is 12.7 Å². The van der Waals surface area contributed by atoms with Gasteiger partial charge in [-0.25, -0.2) is 0 Å². The second-order valence-electron chi connectivity index (χ2n) is 10.1. The third-order valence-corrected chi connectivity index (χ3v) is 8.10. The van der Waals surface area contributed by atoms with Crippen LogP contribution in [0, 0.1) is 35.5 Å². The minimum atomic E-state index is -0.421. The minimum absolute atomic E-state index is 0.313. The molecule has 0 saturated heterocycles. The molecule has 2 unspecified atom stereocenters. The molecule has 0 spiro atoms. The van der Waals surface area contributed by atoms with Gasteiger partial charge < -0.3 is 9.84 Å². The molecule has 0 amide bonds. The van der Waals surface area contributed by atoms with E-state index in [4.69, 9.17) is 4.74 Å². The highest BCUT2D eigenvalue weighted by Gasteiger charge is 2.74. The fourth-order valence-electron chi connectivity index (χ4n) is 7.12. The highest BCUT2D eigenvalue weighted by molar-refractivity contribution is 5.36. The second-order valence-corrected chi connectivity index (χ2v) is 10.1. The minimum Gasteiger partial charge on any atom is -0.497 e. The van der Waals surface area contributed by atoms with Gasteiger partial charge in [-0.15, -0.1) is 0 Å². The van der Waals surface area contributed by atoms with Gasteiger partial charge in [0.15, 0.2) is 0 Å². The van der Waals surface area contributed by atoms with E-state index in [0.717, 1.165) is 24.5 Å². The standard InChI is InChI=1S/C23H34O2/c1-15-11-16(13-17(12-15)25-5)14-18-20-22(4)9-6-8-21(2,3)19(22)7-10-23(18,20)24/h11-13,18-20,24H,6-10,14H2,1-5H3/t18-,19?,20?,22-,23+/m0/s1. The highest BCUT2D eigenvalue weighted by atomic mass is 16.5. The first-order chi connectivity index (χ1) is 11.7. The summed E-state index contributed by atoms with van der Waals surface area (Å²) in [5.74, 6) is 2.59. The topological polar surface area (TPSA) is 29.5 Å². The fourth-order valence-corrected chi connectivity index (χ4v) is 7.12. The van der Waals surface area contributed by atoms with Crippen LogP contribution < -0.4 is 4.74 Å². The van der Waals surface area contributed by atoms with Gasteiger partial charge >= 0.3 is 0 Å². The summed E-state index contributed by atoms with van der Waals surface area (Å²) in [7, 11) is 1.73. The molecule has 3 aliphatic carbocycles. The summed E-state index contributed by atoms with van der Waals surface area (Å²) in [5.41, 5.74) is 2.88. The Bertz CT molecular complexity index is 679. The largest absolute Gasteiger partial charge is 0.497 e. The summed E-state index contributed by atoms with van der Waals surface area (Å²) in [6.07, 6.45) is 7.14. The molecule has 2 heteroatoms. The monoisotopic (exact) mass is 342 g/mol. The summed E-state index contributed by atoms with van der Waals surface area (Å²) in [6, 6.07) is 6.51. The quantitative estimate of drug-likeness (QED) is 0.823. The van der Waals surface area contributed by atoms with E-state index in [2.05, 4.69) is 45.9 Å². The van der Waals surface area contributed by atoms with Crippen molar-refractivity contribution in [1.82, 2.24) is 0 Å². The zero-order valence-electron chi connectivity index (χ0n) is 16.6. The van der Waals surface area contributed by atoms with Crippen molar-refractivity contribution in [3.8, 4) is 5.75 Å². The van der Waals surface area contributed by atoms with Crippen molar-refractivity contribution >= 4 is 0 Å². The number of methoxy groups -OCH3 is 1. The number of aryl methyl sites for hydroxylation is 1. The molecule has 2 nitrogen and oxygen atoms in total. The van der Waals surface area contributed by atoms with E-state index < -0.39 is 5.60 Å². The Labute approximate surface area is 153 Å². The number of rotatable bonds is 3. The summed E-state index contributed by atoms with van der Waals surface area (Å²) >= 11 is 0. The van der Waals surface area contributed by atoms with Gasteiger partial charge in [0, 0.05) is 0 Å². The molecule has 3 aliphatic rings. The molecule has 1 N–H and O–H groups in total. The molecule has 0 bridgehead atoms. The smallest absolute Gasteiger partial charge is 0.119 e. The Morgan fingerprint density at radius 2 is 1.88 bits per heavy atom. The van der Waals surface area contributed by atoms with Crippen molar-refractivity contribution < 1.29 is 9.84 Å². The summed E-state index contributed by atoms with van der Waals surface area (Å²) < 4.78 is 5.45. The van der Waals surface area contributed by atoms with Crippen LogP contribution in [0.1, 0.15) is 64.0 Å². The number of ether oxygens (including phenoxy) is 1. The summed E-state index contributed by atoms with van der Waals surface area (Å²) in [5, 5.41) is 11.4. The van der Waals surface area contributed by atoms with E-state index in [0.29, 0.717) is 22.7 Å². The molecule has 138 valence electrons. The molecule has 25 heavy (non-hydrogen) atoms. The third kappa shape index (κ3) is 2.55. The van der Waals surface area contributed by atoms with Crippen LogP contribution in [0.25, 0.3) is 0 Å². The van der Waals surface area contributed by atoms with Crippen LogP contribution in [0.15, 0.2) is 18.2 Å². The zero-order chi connectivity index (χ0) is 18.0. The number of benzene rings is 1. The molecule has 3 fully saturated rings. The van der Waals surface area contributed by atoms with Gasteiger partial charge in [-0.2, -0.15) is 0 Å². The fraction of sp³-hybridized carbons (Fsp3) is 0.739. The molecule has 4 rings (SSSR count). The van der Waals surface area contributed by atoms with Crippen LogP contribution in [-0.2, 0) is 6.42 Å². The number of fused-ring (bicyclic) bond motifs is 3. The van der Waals surface area contributed by atoms with E-state index >= 15 is 0 Å². The summed E-state index contributed by atoms with van der Waals surface area (Å²) in [6.45, 7) is 9.54. The predicted octanol–water partition coefficient (Wildman–Crippen LogP) is 5.15. The van der Waals surface area contributed by atoms with Gasteiger partial charge in [0.2, 0.25) is 0 Å². The van der Waals surface area contributed by atoms with E-state index in [1.165, 1.54) is 36.8 Å². The molecule has 3 saturated carbocycles. The molecule has 1 aromatic rings. The lowest BCUT2D eigenvalue weighted by Gasteiger charge is -2.54. The van der Waals surface area contributed by atoms with Crippen molar-refractivity contribution in [2.75, 3.05) is 7.11 Å². The van der Waals surface area contributed by atoms with Crippen LogP contribution in [0.2, 0.25) is 0 Å². The number of hydrogen-bond donors (Lipinski definition) is 1. The lowest BCUT2D eigenvalue weighted by molar-refractivity contribution is -0.0786.